The maximum Gasteiger partial charge on any atom is 0.321 e. The number of alkyl halides is 2. The fourth-order valence-electron chi connectivity index (χ4n) is 3.19. The molecule has 3 rings (SSSR count). The molecule has 5 nitrogen and oxygen atoms in total. The van der Waals surface area contributed by atoms with Gasteiger partial charge >= 0.3 is 6.03 Å². The van der Waals surface area contributed by atoms with Crippen LogP contribution in [0.15, 0.2) is 18.2 Å². The van der Waals surface area contributed by atoms with Crippen LogP contribution in [0.4, 0.5) is 19.3 Å². The molecule has 0 bridgehead atoms. The largest absolute Gasteiger partial charge is 0.493 e. The summed E-state index contributed by atoms with van der Waals surface area (Å²) in [5.74, 6) is 0.886. The van der Waals surface area contributed by atoms with Crippen molar-refractivity contribution in [3.05, 3.63) is 23.8 Å². The van der Waals surface area contributed by atoms with Gasteiger partial charge in [-0.25, -0.2) is 13.6 Å². The lowest BCUT2D eigenvalue weighted by molar-refractivity contribution is 0.0905. The number of aryl methyl sites for hydroxylation is 1. The van der Waals surface area contributed by atoms with E-state index in [1.54, 1.807) is 9.80 Å². The fourth-order valence-corrected chi connectivity index (χ4v) is 3.19. The summed E-state index contributed by atoms with van der Waals surface area (Å²) in [6.07, 6.45) is 0.308. The second-order valence-corrected chi connectivity index (χ2v) is 6.24. The van der Waals surface area contributed by atoms with E-state index < -0.39 is 6.43 Å². The van der Waals surface area contributed by atoms with Crippen molar-refractivity contribution in [2.75, 3.05) is 44.6 Å². The topological polar surface area (TPSA) is 44.8 Å². The van der Waals surface area contributed by atoms with Crippen LogP contribution in [0.2, 0.25) is 0 Å². The Morgan fingerprint density at radius 1 is 1.21 bits per heavy atom. The van der Waals surface area contributed by atoms with Crippen LogP contribution in [0.3, 0.4) is 0 Å². The molecule has 1 saturated heterocycles. The predicted octanol–water partition coefficient (Wildman–Crippen LogP) is 2.82. The third-order valence-electron chi connectivity index (χ3n) is 4.43. The molecule has 132 valence electrons. The van der Waals surface area contributed by atoms with Crippen LogP contribution in [0.1, 0.15) is 18.4 Å². The number of urea groups is 1. The Balaban J connectivity index is 1.56. The molecule has 1 fully saturated rings. The van der Waals surface area contributed by atoms with Crippen LogP contribution in [-0.4, -0.2) is 61.6 Å². The normalized spacial score (nSPS) is 18.7. The number of nitrogens with one attached hydrogen (secondary N) is 1. The van der Waals surface area contributed by atoms with Crippen LogP contribution in [0, 0.1) is 0 Å². The monoisotopic (exact) mass is 339 g/mol. The van der Waals surface area contributed by atoms with Crippen molar-refractivity contribution < 1.29 is 18.3 Å². The number of halogens is 2. The van der Waals surface area contributed by atoms with Gasteiger partial charge in [0.05, 0.1) is 13.2 Å². The first-order chi connectivity index (χ1) is 11.6. The average molecular weight is 339 g/mol. The van der Waals surface area contributed by atoms with Crippen LogP contribution in [0.25, 0.3) is 0 Å². The lowest BCUT2D eigenvalue weighted by atomic mass is 10.1. The average Bonchev–Trinajstić information content (AvgIpc) is 2.80. The molecule has 2 aliphatic heterocycles. The zero-order valence-corrected chi connectivity index (χ0v) is 13.6. The van der Waals surface area contributed by atoms with E-state index in [0.717, 1.165) is 36.4 Å². The zero-order valence-electron chi connectivity index (χ0n) is 13.6. The van der Waals surface area contributed by atoms with Gasteiger partial charge in [0.15, 0.2) is 0 Å². The van der Waals surface area contributed by atoms with Crippen molar-refractivity contribution >= 4 is 11.7 Å². The highest BCUT2D eigenvalue weighted by Crippen LogP contribution is 2.27. The number of carbonyl (C=O) groups is 1. The van der Waals surface area contributed by atoms with Gasteiger partial charge in [-0.15, -0.1) is 0 Å². The SMILES string of the molecule is O=C(Nc1ccc2c(c1)CCCO2)N1CCCN(CC(F)F)CC1. The van der Waals surface area contributed by atoms with Gasteiger partial charge in [0.2, 0.25) is 0 Å². The first-order valence-electron chi connectivity index (χ1n) is 8.44. The maximum absolute atomic E-state index is 12.5. The molecule has 0 aromatic heterocycles. The van der Waals surface area contributed by atoms with Crippen LogP contribution in [0.5, 0.6) is 5.75 Å². The Morgan fingerprint density at radius 3 is 2.92 bits per heavy atom. The molecule has 24 heavy (non-hydrogen) atoms. The summed E-state index contributed by atoms with van der Waals surface area (Å²) in [5, 5.41) is 2.91. The molecule has 0 atom stereocenters. The van der Waals surface area contributed by atoms with Crippen LogP contribution < -0.4 is 10.1 Å². The number of benzene rings is 1. The predicted molar refractivity (Wildman–Crippen MR) is 87.9 cm³/mol. The van der Waals surface area contributed by atoms with Gasteiger partial charge < -0.3 is 15.0 Å². The third kappa shape index (κ3) is 4.35. The lowest BCUT2D eigenvalue weighted by Crippen LogP contribution is -2.38. The van der Waals surface area contributed by atoms with E-state index >= 15 is 0 Å². The Kier molecular flexibility index (Phi) is 5.50. The van der Waals surface area contributed by atoms with Gasteiger partial charge in [-0.05, 0) is 43.0 Å². The number of anilines is 1. The second-order valence-electron chi connectivity index (χ2n) is 6.24. The fraction of sp³-hybridized carbons (Fsp3) is 0.588. The second kappa shape index (κ2) is 7.79. The minimum absolute atomic E-state index is 0.175. The third-order valence-corrected chi connectivity index (χ3v) is 4.43. The number of rotatable bonds is 3. The van der Waals surface area contributed by atoms with E-state index in [1.165, 1.54) is 0 Å². The first kappa shape index (κ1) is 17.0. The first-order valence-corrected chi connectivity index (χ1v) is 8.44. The van der Waals surface area contributed by atoms with Gasteiger partial charge in [-0.2, -0.15) is 0 Å². The summed E-state index contributed by atoms with van der Waals surface area (Å²) in [4.78, 5) is 15.8. The zero-order chi connectivity index (χ0) is 16.9. The minimum atomic E-state index is -2.33. The Morgan fingerprint density at radius 2 is 2.08 bits per heavy atom. The van der Waals surface area contributed by atoms with E-state index in [4.69, 9.17) is 4.74 Å². The van der Waals surface area contributed by atoms with Crippen molar-refractivity contribution in [1.82, 2.24) is 9.80 Å². The molecule has 2 amide bonds. The number of carbonyl (C=O) groups excluding carboxylic acids is 1. The summed E-state index contributed by atoms with van der Waals surface area (Å²) in [6, 6.07) is 5.50. The molecular weight excluding hydrogens is 316 g/mol. The van der Waals surface area contributed by atoms with Crippen LogP contribution >= 0.6 is 0 Å². The number of hydrogen-bond donors (Lipinski definition) is 1. The summed E-state index contributed by atoms with van der Waals surface area (Å²) in [5.41, 5.74) is 1.86. The minimum Gasteiger partial charge on any atom is -0.493 e. The van der Waals surface area contributed by atoms with E-state index in [-0.39, 0.29) is 12.6 Å². The number of fused-ring (bicyclic) bond motifs is 1. The molecule has 1 N–H and O–H groups in total. The standard InChI is InChI=1S/C17H23F2N3O2/c18-16(19)12-21-6-2-7-22(9-8-21)17(23)20-14-4-5-15-13(11-14)3-1-10-24-15/h4-5,11,16H,1-3,6-10,12H2,(H,20,23). The van der Waals surface area contributed by atoms with Gasteiger partial charge in [0.25, 0.3) is 6.43 Å². The maximum atomic E-state index is 12.5. The number of nitrogens with zero attached hydrogens (tertiary/aromatic N) is 2. The smallest absolute Gasteiger partial charge is 0.321 e. The highest BCUT2D eigenvalue weighted by atomic mass is 19.3. The molecule has 1 aromatic carbocycles. The Bertz CT molecular complexity index is 583. The molecule has 2 heterocycles. The summed E-state index contributed by atoms with van der Waals surface area (Å²) in [6.45, 7) is 2.65. The summed E-state index contributed by atoms with van der Waals surface area (Å²) in [7, 11) is 0. The quantitative estimate of drug-likeness (QED) is 0.921. The lowest BCUT2D eigenvalue weighted by Gasteiger charge is -2.23. The van der Waals surface area contributed by atoms with Gasteiger partial charge in [-0.1, -0.05) is 0 Å². The Labute approximate surface area is 140 Å². The van der Waals surface area contributed by atoms with Gasteiger partial charge in [0.1, 0.15) is 5.75 Å². The van der Waals surface area contributed by atoms with Crippen molar-refractivity contribution in [1.29, 1.82) is 0 Å². The van der Waals surface area contributed by atoms with E-state index in [9.17, 15) is 13.6 Å². The summed E-state index contributed by atoms with van der Waals surface area (Å²) >= 11 is 0. The molecule has 7 heteroatoms. The molecular formula is C17H23F2N3O2. The molecule has 0 saturated carbocycles. The van der Waals surface area contributed by atoms with Gasteiger partial charge in [0, 0.05) is 31.9 Å². The molecule has 0 radical (unpaired) electrons. The number of ether oxygens (including phenoxy) is 1. The molecule has 2 aliphatic rings. The van der Waals surface area contributed by atoms with E-state index in [2.05, 4.69) is 5.32 Å². The number of hydrogen-bond acceptors (Lipinski definition) is 3. The van der Waals surface area contributed by atoms with Crippen molar-refractivity contribution in [3.8, 4) is 5.75 Å². The molecule has 0 aliphatic carbocycles. The van der Waals surface area contributed by atoms with Crippen molar-refractivity contribution in [3.63, 3.8) is 0 Å². The van der Waals surface area contributed by atoms with Gasteiger partial charge in [-0.3, -0.25) is 4.90 Å². The summed E-state index contributed by atoms with van der Waals surface area (Å²) < 4.78 is 30.5. The number of amides is 2. The van der Waals surface area contributed by atoms with Crippen LogP contribution in [-0.2, 0) is 6.42 Å². The molecule has 0 unspecified atom stereocenters. The highest BCUT2D eigenvalue weighted by molar-refractivity contribution is 5.89. The van der Waals surface area contributed by atoms with E-state index in [0.29, 0.717) is 32.6 Å². The molecule has 0 spiro atoms. The molecule has 1 aromatic rings. The van der Waals surface area contributed by atoms with Crippen molar-refractivity contribution in [2.45, 2.75) is 25.7 Å². The highest BCUT2D eigenvalue weighted by Gasteiger charge is 2.21. The van der Waals surface area contributed by atoms with E-state index in [1.807, 2.05) is 18.2 Å². The van der Waals surface area contributed by atoms with Crippen molar-refractivity contribution in [2.24, 2.45) is 0 Å². The Hall–Kier alpha value is -1.89.